The Morgan fingerprint density at radius 3 is 2.31 bits per heavy atom. The second kappa shape index (κ2) is 14.7. The molecule has 0 radical (unpaired) electrons. The number of piperidine rings is 2. The Kier molecular flexibility index (Phi) is 11.7. The lowest BCUT2D eigenvalue weighted by Crippen LogP contribution is -2.52. The number of carbonyl (C=O) groups is 3. The van der Waals surface area contributed by atoms with Crippen LogP contribution in [0.15, 0.2) is 0 Å². The average Bonchev–Trinajstić information content (AvgIpc) is 2.84. The van der Waals surface area contributed by atoms with Crippen molar-refractivity contribution in [1.29, 1.82) is 0 Å². The number of rotatable bonds is 2. The molecule has 3 aliphatic heterocycles. The van der Waals surface area contributed by atoms with Crippen LogP contribution in [-0.4, -0.2) is 112 Å². The van der Waals surface area contributed by atoms with Crippen LogP contribution in [0.5, 0.6) is 0 Å². The van der Waals surface area contributed by atoms with Gasteiger partial charge in [0.25, 0.3) is 0 Å². The van der Waals surface area contributed by atoms with Gasteiger partial charge in [0.1, 0.15) is 6.61 Å². The molecule has 0 spiro atoms. The van der Waals surface area contributed by atoms with Gasteiger partial charge in [-0.2, -0.15) is 0 Å². The van der Waals surface area contributed by atoms with Crippen LogP contribution in [0.2, 0.25) is 0 Å². The zero-order valence-corrected chi connectivity index (χ0v) is 21.6. The molecule has 3 rings (SSSR count). The highest BCUT2D eigenvalue weighted by Crippen LogP contribution is 2.25. The Morgan fingerprint density at radius 1 is 0.829 bits per heavy atom. The largest absolute Gasteiger partial charge is 0.377 e. The fraction of sp³-hybridized carbons (Fsp3) is 0.880. The van der Waals surface area contributed by atoms with Gasteiger partial charge >= 0.3 is 0 Å². The summed E-state index contributed by atoms with van der Waals surface area (Å²) in [5.41, 5.74) is 0. The summed E-state index contributed by atoms with van der Waals surface area (Å²) in [6.07, 6.45) is 3.98. The van der Waals surface area contributed by atoms with E-state index in [2.05, 4.69) is 34.7 Å². The summed E-state index contributed by atoms with van der Waals surface area (Å²) in [6, 6.07) is 0.521. The highest BCUT2D eigenvalue weighted by atomic mass is 16.5. The maximum atomic E-state index is 13.0. The monoisotopic (exact) mass is 495 g/mol. The minimum Gasteiger partial charge on any atom is -0.377 e. The van der Waals surface area contributed by atoms with E-state index in [1.165, 1.54) is 0 Å². The molecule has 0 aromatic carbocycles. The van der Waals surface area contributed by atoms with Crippen molar-refractivity contribution in [2.45, 2.75) is 58.0 Å². The first kappa shape index (κ1) is 27.8. The highest BCUT2D eigenvalue weighted by Gasteiger charge is 2.31. The van der Waals surface area contributed by atoms with Crippen LogP contribution in [-0.2, 0) is 23.9 Å². The Morgan fingerprint density at radius 2 is 1.54 bits per heavy atom. The van der Waals surface area contributed by atoms with Crippen LogP contribution < -0.4 is 16.0 Å². The quantitative estimate of drug-likeness (QED) is 0.493. The number of carbonyl (C=O) groups excluding carboxylic acids is 3. The van der Waals surface area contributed by atoms with Gasteiger partial charge in [0.2, 0.25) is 17.7 Å². The fourth-order valence-electron chi connectivity index (χ4n) is 5.36. The first-order chi connectivity index (χ1) is 16.9. The number of hydrogen-bond donors (Lipinski definition) is 3. The van der Waals surface area contributed by atoms with Gasteiger partial charge in [0.15, 0.2) is 0 Å². The molecule has 3 heterocycles. The molecule has 2 atom stereocenters. The van der Waals surface area contributed by atoms with Gasteiger partial charge in [-0.25, -0.2) is 0 Å². The smallest absolute Gasteiger partial charge is 0.249 e. The summed E-state index contributed by atoms with van der Waals surface area (Å²) >= 11 is 0. The minimum absolute atomic E-state index is 0.0428. The molecule has 0 unspecified atom stereocenters. The molecule has 0 saturated carbocycles. The number of hydrogen-bond acceptors (Lipinski definition) is 7. The van der Waals surface area contributed by atoms with Gasteiger partial charge in [-0.15, -0.1) is 0 Å². The average molecular weight is 496 g/mol. The van der Waals surface area contributed by atoms with Gasteiger partial charge in [-0.3, -0.25) is 14.4 Å². The number of fused-ring (bicyclic) bond motifs is 1. The van der Waals surface area contributed by atoms with Crippen LogP contribution in [0.25, 0.3) is 0 Å². The molecule has 0 bridgehead atoms. The van der Waals surface area contributed by atoms with E-state index in [-0.39, 0.29) is 36.9 Å². The number of ether oxygens (including phenoxy) is 2. The third-order valence-corrected chi connectivity index (χ3v) is 7.52. The van der Waals surface area contributed by atoms with Crippen molar-refractivity contribution in [2.24, 2.45) is 11.8 Å². The molecule has 3 amide bonds. The zero-order chi connectivity index (χ0) is 25.0. The third kappa shape index (κ3) is 9.33. The second-order valence-electron chi connectivity index (χ2n) is 10.3. The normalized spacial score (nSPS) is 28.4. The van der Waals surface area contributed by atoms with Crippen molar-refractivity contribution in [1.82, 2.24) is 25.8 Å². The van der Waals surface area contributed by atoms with Gasteiger partial charge in [-0.1, -0.05) is 0 Å². The van der Waals surface area contributed by atoms with Gasteiger partial charge in [-0.05, 0) is 64.5 Å². The minimum atomic E-state index is -0.148. The molecule has 0 aliphatic carbocycles. The molecule has 3 fully saturated rings. The predicted molar refractivity (Wildman–Crippen MR) is 133 cm³/mol. The third-order valence-electron chi connectivity index (χ3n) is 7.52. The van der Waals surface area contributed by atoms with Crippen molar-refractivity contribution < 1.29 is 23.9 Å². The van der Waals surface area contributed by atoms with Crippen LogP contribution in [0.1, 0.15) is 46.0 Å². The second-order valence-corrected chi connectivity index (χ2v) is 10.3. The van der Waals surface area contributed by atoms with Crippen molar-refractivity contribution in [2.75, 3.05) is 72.2 Å². The van der Waals surface area contributed by atoms with Gasteiger partial charge < -0.3 is 35.2 Å². The molecule has 3 aliphatic rings. The number of nitrogens with zero attached hydrogens (tertiary/aromatic N) is 2. The summed E-state index contributed by atoms with van der Waals surface area (Å²) < 4.78 is 11.1. The Hall–Kier alpha value is -1.75. The number of amides is 3. The number of nitrogens with one attached hydrogen (secondary N) is 3. The molecular weight excluding hydrogens is 450 g/mol. The van der Waals surface area contributed by atoms with E-state index in [4.69, 9.17) is 9.47 Å². The van der Waals surface area contributed by atoms with Crippen LogP contribution in [0.4, 0.5) is 0 Å². The SMILES string of the molecule is CC(C)N1CCC(N2CC(=O)NCC[C@H]3CNCC[C@H]3CC(=O)NCCOCCOCC2=O)CC1. The number of likely N-dealkylation sites (tertiary alicyclic amines) is 1. The van der Waals surface area contributed by atoms with Crippen molar-refractivity contribution in [3.8, 4) is 0 Å². The Labute approximate surface area is 209 Å². The van der Waals surface area contributed by atoms with E-state index >= 15 is 0 Å². The van der Waals surface area contributed by atoms with E-state index in [1.807, 2.05) is 0 Å². The van der Waals surface area contributed by atoms with Crippen LogP contribution >= 0.6 is 0 Å². The lowest BCUT2D eigenvalue weighted by Gasteiger charge is -2.39. The molecule has 3 saturated heterocycles. The maximum Gasteiger partial charge on any atom is 0.249 e. The van der Waals surface area contributed by atoms with Gasteiger partial charge in [0.05, 0.1) is 26.4 Å². The van der Waals surface area contributed by atoms with E-state index in [9.17, 15) is 14.4 Å². The summed E-state index contributed by atoms with van der Waals surface area (Å²) in [5.74, 6) is 0.399. The lowest BCUT2D eigenvalue weighted by molar-refractivity contribution is -0.143. The molecule has 35 heavy (non-hydrogen) atoms. The Bertz CT molecular complexity index is 683. The first-order valence-electron chi connectivity index (χ1n) is 13.4. The topological polar surface area (TPSA) is 112 Å². The highest BCUT2D eigenvalue weighted by molar-refractivity contribution is 5.85. The molecule has 200 valence electrons. The molecule has 3 N–H and O–H groups in total. The van der Waals surface area contributed by atoms with Crippen LogP contribution in [0.3, 0.4) is 0 Å². The fourth-order valence-corrected chi connectivity index (χ4v) is 5.36. The Balaban J connectivity index is 1.60. The first-order valence-corrected chi connectivity index (χ1v) is 13.4. The van der Waals surface area contributed by atoms with E-state index < -0.39 is 0 Å². The van der Waals surface area contributed by atoms with Crippen molar-refractivity contribution in [3.63, 3.8) is 0 Å². The predicted octanol–water partition coefficient (Wildman–Crippen LogP) is -0.0271. The summed E-state index contributed by atoms with van der Waals surface area (Å²) in [6.45, 7) is 10.0. The maximum absolute atomic E-state index is 13.0. The van der Waals surface area contributed by atoms with E-state index in [0.717, 1.165) is 51.9 Å². The standard InChI is InChI=1S/C25H45N5O5/c1-19(2)29-10-5-22(6-11-29)30-17-24(32)27-8-4-21-16-26-7-3-20(21)15-23(31)28-9-12-34-13-14-35-18-25(30)33/h19-22,26H,3-18H2,1-2H3,(H,27,32)(H,28,31)/t20-,21-/m0/s1. The van der Waals surface area contributed by atoms with Crippen LogP contribution in [0, 0.1) is 11.8 Å². The molecular formula is C25H45N5O5. The molecule has 0 aromatic rings. The van der Waals surface area contributed by atoms with E-state index in [0.29, 0.717) is 57.2 Å². The van der Waals surface area contributed by atoms with Crippen molar-refractivity contribution >= 4 is 17.7 Å². The van der Waals surface area contributed by atoms with Crippen molar-refractivity contribution in [3.05, 3.63) is 0 Å². The molecule has 10 nitrogen and oxygen atoms in total. The lowest BCUT2D eigenvalue weighted by atomic mass is 9.81. The molecule has 10 heteroatoms. The van der Waals surface area contributed by atoms with E-state index in [1.54, 1.807) is 4.90 Å². The summed E-state index contributed by atoms with van der Waals surface area (Å²) in [5, 5.41) is 9.38. The zero-order valence-electron chi connectivity index (χ0n) is 21.6. The molecule has 0 aromatic heterocycles. The summed E-state index contributed by atoms with van der Waals surface area (Å²) in [4.78, 5) is 42.4. The summed E-state index contributed by atoms with van der Waals surface area (Å²) in [7, 11) is 0. The van der Waals surface area contributed by atoms with Gasteiger partial charge in [0, 0.05) is 44.7 Å².